The van der Waals surface area contributed by atoms with Crippen molar-refractivity contribution in [3.05, 3.63) is 70.8 Å². The van der Waals surface area contributed by atoms with E-state index in [0.29, 0.717) is 19.8 Å². The molecule has 2 aromatic carbocycles. The summed E-state index contributed by atoms with van der Waals surface area (Å²) in [5, 5.41) is 0. The Balaban J connectivity index is 0. The van der Waals surface area contributed by atoms with Gasteiger partial charge in [0.2, 0.25) is 0 Å². The number of rotatable bonds is 11. The van der Waals surface area contributed by atoms with E-state index in [0.717, 1.165) is 42.1 Å². The normalized spacial score (nSPS) is 11.2. The summed E-state index contributed by atoms with van der Waals surface area (Å²) in [6.07, 6.45) is 2.56. The molecule has 0 fully saturated rings. The fraction of sp³-hybridized carbons (Fsp3) is 0.484. The molecule has 0 bridgehead atoms. The SMILES string of the molecule is C.C=C.CCC(=Nc1c(C)cc(C)cc1C)C(CCCOCCOC)=Nc1c(C)cc(C)cc1C.[Br][Ni][Br]. The summed E-state index contributed by atoms with van der Waals surface area (Å²) in [7, 11) is 2.94. The van der Waals surface area contributed by atoms with E-state index in [1.54, 1.807) is 7.11 Å². The molecule has 0 atom stereocenters. The number of ether oxygens (including phenoxy) is 2. The van der Waals surface area contributed by atoms with Crippen LogP contribution >= 0.6 is 28.5 Å². The van der Waals surface area contributed by atoms with E-state index in [1.807, 2.05) is 0 Å². The summed E-state index contributed by atoms with van der Waals surface area (Å²) in [6.45, 7) is 22.9. The van der Waals surface area contributed by atoms with E-state index in [2.05, 4.69) is 114 Å². The molecule has 2 aromatic rings. The van der Waals surface area contributed by atoms with Gasteiger partial charge in [-0.25, -0.2) is 0 Å². The Labute approximate surface area is 253 Å². The van der Waals surface area contributed by atoms with Crippen molar-refractivity contribution in [1.82, 2.24) is 0 Å². The minimum atomic E-state index is 0. The molecule has 0 radical (unpaired) electrons. The van der Waals surface area contributed by atoms with Crippen molar-refractivity contribution in [3.8, 4) is 0 Å². The summed E-state index contributed by atoms with van der Waals surface area (Å²) in [6, 6.07) is 8.81. The zero-order valence-corrected chi connectivity index (χ0v) is 27.9. The molecule has 0 aromatic heterocycles. The zero-order valence-electron chi connectivity index (χ0n) is 23.7. The third kappa shape index (κ3) is 14.3. The summed E-state index contributed by atoms with van der Waals surface area (Å²) in [5.41, 5.74) is 11.6. The predicted octanol–water partition coefficient (Wildman–Crippen LogP) is 10.4. The Kier molecular flexibility index (Phi) is 23.3. The second-order valence-electron chi connectivity index (χ2n) is 8.72. The van der Waals surface area contributed by atoms with Crippen LogP contribution in [0.2, 0.25) is 0 Å². The van der Waals surface area contributed by atoms with Crippen LogP contribution in [0.3, 0.4) is 0 Å². The Hall–Kier alpha value is -1.11. The molecule has 7 heteroatoms. The van der Waals surface area contributed by atoms with Gasteiger partial charge in [0.25, 0.3) is 0 Å². The number of methoxy groups -OCH3 is 1. The molecule has 0 heterocycles. The molecule has 38 heavy (non-hydrogen) atoms. The van der Waals surface area contributed by atoms with E-state index in [1.165, 1.54) is 44.3 Å². The third-order valence-electron chi connectivity index (χ3n) is 5.57. The summed E-state index contributed by atoms with van der Waals surface area (Å²) >= 11 is 6.00. The average molecular weight is 699 g/mol. The van der Waals surface area contributed by atoms with Crippen LogP contribution in [-0.4, -0.2) is 38.4 Å². The number of halogens is 2. The molecule has 0 amide bonds. The van der Waals surface area contributed by atoms with Crippen molar-refractivity contribution < 1.29 is 20.4 Å². The van der Waals surface area contributed by atoms with E-state index in [4.69, 9.17) is 19.5 Å². The number of aliphatic imine (C=N–C) groups is 2. The van der Waals surface area contributed by atoms with E-state index in [9.17, 15) is 0 Å². The summed E-state index contributed by atoms with van der Waals surface area (Å²) in [4.78, 5) is 10.3. The van der Waals surface area contributed by atoms with Crippen molar-refractivity contribution in [3.63, 3.8) is 0 Å². The number of aryl methyl sites for hydroxylation is 6. The molecule has 0 aliphatic carbocycles. The standard InChI is InChI=1S/C28H40N2O2.C2H4.CH4.2BrH.Ni/c1-9-25(29-27-21(4)15-19(2)16-22(27)5)26(11-10-12-32-14-13-31-8)30-28-23(6)17-20(3)18-24(28)7;1-2;;;;/h15-18H,9-14H2,1-8H3;1-2H2;1H4;2*1H;/q;;;;;+2/p-2. The van der Waals surface area contributed by atoms with Crippen LogP contribution in [0, 0.1) is 41.5 Å². The maximum atomic E-state index is 5.70. The number of benzene rings is 2. The molecule has 0 aliphatic heterocycles. The van der Waals surface area contributed by atoms with Gasteiger partial charge in [-0.05, 0) is 83.1 Å². The molecular weight excluding hydrogens is 651 g/mol. The molecule has 0 unspecified atom stereocenters. The van der Waals surface area contributed by atoms with Gasteiger partial charge >= 0.3 is 39.3 Å². The minimum absolute atomic E-state index is 0. The van der Waals surface area contributed by atoms with Crippen LogP contribution in [0.15, 0.2) is 47.4 Å². The predicted molar refractivity (Wildman–Crippen MR) is 174 cm³/mol. The molecule has 0 saturated carbocycles. The second-order valence-corrected chi connectivity index (χ2v) is 13.7. The number of nitrogens with zero attached hydrogens (tertiary/aromatic N) is 2. The van der Waals surface area contributed by atoms with Crippen molar-refractivity contribution in [1.29, 1.82) is 0 Å². The van der Waals surface area contributed by atoms with Gasteiger partial charge in [-0.3, -0.25) is 9.98 Å². The number of hydrogen-bond acceptors (Lipinski definition) is 4. The topological polar surface area (TPSA) is 43.2 Å². The van der Waals surface area contributed by atoms with Gasteiger partial charge in [-0.1, -0.05) is 49.7 Å². The van der Waals surface area contributed by atoms with E-state index in [-0.39, 0.29) is 7.43 Å². The van der Waals surface area contributed by atoms with Gasteiger partial charge in [0.1, 0.15) is 0 Å². The van der Waals surface area contributed by atoms with Gasteiger partial charge in [0.15, 0.2) is 0 Å². The Morgan fingerprint density at radius 2 is 1.16 bits per heavy atom. The van der Waals surface area contributed by atoms with Gasteiger partial charge in [-0.2, -0.15) is 0 Å². The Morgan fingerprint density at radius 1 is 0.763 bits per heavy atom. The van der Waals surface area contributed by atoms with Gasteiger partial charge in [0, 0.05) is 13.7 Å². The molecule has 0 N–H and O–H groups in total. The van der Waals surface area contributed by atoms with E-state index < -0.39 is 0 Å². The Morgan fingerprint density at radius 3 is 1.53 bits per heavy atom. The van der Waals surface area contributed by atoms with Crippen LogP contribution in [0.25, 0.3) is 0 Å². The van der Waals surface area contributed by atoms with Crippen LogP contribution in [-0.2, 0) is 20.4 Å². The summed E-state index contributed by atoms with van der Waals surface area (Å²) < 4.78 is 10.8. The molecule has 218 valence electrons. The Bertz CT molecular complexity index is 977. The quantitative estimate of drug-likeness (QED) is 0.101. The van der Waals surface area contributed by atoms with Crippen LogP contribution in [0.1, 0.15) is 67.0 Å². The molecule has 0 saturated heterocycles. The second kappa shape index (κ2) is 22.7. The molecule has 0 aliphatic rings. The van der Waals surface area contributed by atoms with Gasteiger partial charge < -0.3 is 9.47 Å². The van der Waals surface area contributed by atoms with Crippen LogP contribution in [0.4, 0.5) is 11.4 Å². The first kappa shape index (κ1) is 39.0. The monoisotopic (exact) mass is 696 g/mol. The van der Waals surface area contributed by atoms with Crippen LogP contribution < -0.4 is 0 Å². The van der Waals surface area contributed by atoms with Crippen LogP contribution in [0.5, 0.6) is 0 Å². The fourth-order valence-electron chi connectivity index (χ4n) is 4.17. The zero-order chi connectivity index (χ0) is 28.4. The first-order valence-corrected chi connectivity index (χ1v) is 17.3. The van der Waals surface area contributed by atoms with Gasteiger partial charge in [-0.15, -0.1) is 13.2 Å². The van der Waals surface area contributed by atoms with E-state index >= 15 is 0 Å². The number of hydrogen-bond donors (Lipinski definition) is 0. The molecule has 0 spiro atoms. The first-order chi connectivity index (χ1) is 17.7. The first-order valence-electron chi connectivity index (χ1n) is 12.4. The molecule has 2 rings (SSSR count). The molecular formula is C31H48Br2N2NiO2. The maximum absolute atomic E-state index is 5.70. The summed E-state index contributed by atoms with van der Waals surface area (Å²) in [5.74, 6) is 0. The fourth-order valence-corrected chi connectivity index (χ4v) is 4.17. The van der Waals surface area contributed by atoms with Gasteiger partial charge in [0.05, 0.1) is 36.0 Å². The van der Waals surface area contributed by atoms with Crippen molar-refractivity contribution >= 4 is 51.2 Å². The van der Waals surface area contributed by atoms with Crippen molar-refractivity contribution in [2.75, 3.05) is 26.9 Å². The van der Waals surface area contributed by atoms with Crippen molar-refractivity contribution in [2.24, 2.45) is 9.98 Å². The van der Waals surface area contributed by atoms with Crippen molar-refractivity contribution in [2.45, 2.75) is 75.2 Å². The average Bonchev–Trinajstić information content (AvgIpc) is 2.84. The third-order valence-corrected chi connectivity index (χ3v) is 5.57. The molecule has 4 nitrogen and oxygen atoms in total.